The zero-order chi connectivity index (χ0) is 30.5. The number of Topliss-reactive ketones (excluding diaryl/α,β-unsaturated/α-hetero) is 1. The average molecular weight is 558 g/mol. The molecule has 1 unspecified atom stereocenters. The zero-order valence-corrected chi connectivity index (χ0v) is 25.3. The van der Waals surface area contributed by atoms with Gasteiger partial charge in [0, 0.05) is 37.3 Å². The molecule has 1 aliphatic rings. The number of aliphatic carboxylic acids is 1. The highest BCUT2D eigenvalue weighted by Gasteiger charge is 2.28. The summed E-state index contributed by atoms with van der Waals surface area (Å²) in [6.07, 6.45) is 7.37. The van der Waals surface area contributed by atoms with Crippen LogP contribution in [-0.2, 0) is 22.6 Å². The molecular weight excluding hydrogens is 506 g/mol. The lowest BCUT2D eigenvalue weighted by Gasteiger charge is -2.07. The van der Waals surface area contributed by atoms with Crippen molar-refractivity contribution in [3.05, 3.63) is 59.4 Å². The van der Waals surface area contributed by atoms with Crippen LogP contribution in [0.2, 0.25) is 0 Å². The number of nitrogens with one attached hydrogen (secondary N) is 1. The zero-order valence-electron chi connectivity index (χ0n) is 25.3. The molecule has 0 radical (unpaired) electrons. The number of aromatic nitrogens is 1. The van der Waals surface area contributed by atoms with Gasteiger partial charge in [0.05, 0.1) is 5.69 Å². The number of carboxylic acids is 1. The van der Waals surface area contributed by atoms with Gasteiger partial charge < -0.3 is 26.5 Å². The SMILES string of the molecule is CC.CC(=O)C1Cc2ccc(C(=O)c3ccccc3)n2C1.CCCCCC.CN=C(N)NCCC[C@H](N)C(=O)O. The number of guanidine groups is 1. The number of unbranched alkanes of at least 4 members (excludes halogenated alkanes) is 3. The first-order chi connectivity index (χ1) is 19.2. The largest absolute Gasteiger partial charge is 0.480 e. The van der Waals surface area contributed by atoms with Gasteiger partial charge in [-0.25, -0.2) is 0 Å². The van der Waals surface area contributed by atoms with Crippen molar-refractivity contribution in [2.24, 2.45) is 22.4 Å². The van der Waals surface area contributed by atoms with Crippen LogP contribution in [0.25, 0.3) is 0 Å². The molecule has 2 atom stereocenters. The number of rotatable bonds is 11. The minimum absolute atomic E-state index is 0.0241. The van der Waals surface area contributed by atoms with E-state index in [0.717, 1.165) is 12.1 Å². The molecule has 224 valence electrons. The standard InChI is InChI=1S/C16H15NO2.C7H16N4O2.C6H14.C2H6/c1-11(18)13-9-14-7-8-15(17(14)10-13)16(19)12-5-3-2-4-6-12;1-10-7(9)11-4-2-3-5(8)6(12)13;1-3-5-6-4-2;1-2/h2-8,13H,9-10H2,1H3;5H,2-4,8H2,1H3,(H,12,13)(H3,9,10,11);3-6H2,1-2H3;1-2H3/t;5-;;/m.0../s1. The third-order valence-corrected chi connectivity index (χ3v) is 6.29. The summed E-state index contributed by atoms with van der Waals surface area (Å²) in [5, 5.41) is 11.2. The molecule has 1 aromatic heterocycles. The quantitative estimate of drug-likeness (QED) is 0.134. The van der Waals surface area contributed by atoms with Crippen LogP contribution in [0.5, 0.6) is 0 Å². The van der Waals surface area contributed by atoms with Crippen molar-refractivity contribution in [2.45, 2.75) is 92.2 Å². The summed E-state index contributed by atoms with van der Waals surface area (Å²) in [7, 11) is 1.57. The highest BCUT2D eigenvalue weighted by atomic mass is 16.4. The first-order valence-corrected chi connectivity index (χ1v) is 14.4. The predicted octanol–water partition coefficient (Wildman–Crippen LogP) is 4.81. The maximum atomic E-state index is 12.4. The van der Waals surface area contributed by atoms with Crippen LogP contribution >= 0.6 is 0 Å². The molecule has 1 aromatic carbocycles. The molecule has 0 saturated carbocycles. The summed E-state index contributed by atoms with van der Waals surface area (Å²) in [5.41, 5.74) is 13.1. The minimum Gasteiger partial charge on any atom is -0.480 e. The van der Waals surface area contributed by atoms with Gasteiger partial charge in [0.1, 0.15) is 11.8 Å². The van der Waals surface area contributed by atoms with Crippen LogP contribution in [0.15, 0.2) is 47.5 Å². The van der Waals surface area contributed by atoms with E-state index in [1.807, 2.05) is 60.9 Å². The lowest BCUT2D eigenvalue weighted by atomic mass is 10.0. The molecule has 40 heavy (non-hydrogen) atoms. The topological polar surface area (TPSA) is 153 Å². The Morgan fingerprint density at radius 2 is 1.65 bits per heavy atom. The van der Waals surface area contributed by atoms with Crippen molar-refractivity contribution in [1.82, 2.24) is 9.88 Å². The summed E-state index contributed by atoms with van der Waals surface area (Å²) in [6, 6.07) is 12.3. The van der Waals surface area contributed by atoms with E-state index in [1.165, 1.54) is 25.7 Å². The Morgan fingerprint density at radius 3 is 2.15 bits per heavy atom. The fraction of sp³-hybridized carbons (Fsp3) is 0.548. The number of carbonyl (C=O) groups is 3. The van der Waals surface area contributed by atoms with Crippen LogP contribution in [0, 0.1) is 5.92 Å². The maximum absolute atomic E-state index is 12.4. The molecule has 1 aliphatic heterocycles. The first kappa shape index (κ1) is 36.5. The molecule has 6 N–H and O–H groups in total. The maximum Gasteiger partial charge on any atom is 0.320 e. The number of nitrogens with zero attached hydrogens (tertiary/aromatic N) is 2. The van der Waals surface area contributed by atoms with E-state index in [0.29, 0.717) is 43.1 Å². The molecule has 0 aliphatic carbocycles. The second-order valence-electron chi connectivity index (χ2n) is 9.36. The van der Waals surface area contributed by atoms with Crippen LogP contribution < -0.4 is 16.8 Å². The van der Waals surface area contributed by atoms with Crippen molar-refractivity contribution in [3.8, 4) is 0 Å². The normalized spacial score (nSPS) is 14.2. The summed E-state index contributed by atoms with van der Waals surface area (Å²) >= 11 is 0. The van der Waals surface area contributed by atoms with Gasteiger partial charge in [0.25, 0.3) is 0 Å². The highest BCUT2D eigenvalue weighted by Crippen LogP contribution is 2.26. The second-order valence-corrected chi connectivity index (χ2v) is 9.36. The van der Waals surface area contributed by atoms with Gasteiger partial charge in [-0.05, 0) is 38.3 Å². The van der Waals surface area contributed by atoms with E-state index in [-0.39, 0.29) is 17.5 Å². The molecule has 0 fully saturated rings. The Kier molecular flexibility index (Phi) is 19.5. The van der Waals surface area contributed by atoms with Crippen LogP contribution in [0.1, 0.15) is 94.9 Å². The Morgan fingerprint density at radius 1 is 1.05 bits per heavy atom. The van der Waals surface area contributed by atoms with E-state index in [9.17, 15) is 14.4 Å². The third kappa shape index (κ3) is 13.6. The number of carbonyl (C=O) groups excluding carboxylic acids is 2. The van der Waals surface area contributed by atoms with E-state index < -0.39 is 12.0 Å². The van der Waals surface area contributed by atoms with Crippen molar-refractivity contribution in [1.29, 1.82) is 0 Å². The van der Waals surface area contributed by atoms with Crippen molar-refractivity contribution < 1.29 is 19.5 Å². The highest BCUT2D eigenvalue weighted by molar-refractivity contribution is 6.08. The average Bonchev–Trinajstić information content (AvgIpc) is 3.57. The lowest BCUT2D eigenvalue weighted by Crippen LogP contribution is -2.34. The molecule has 0 spiro atoms. The van der Waals surface area contributed by atoms with Gasteiger partial charge in [-0.2, -0.15) is 0 Å². The molecule has 0 saturated heterocycles. The number of benzene rings is 1. The number of aliphatic imine (C=N–C) groups is 1. The van der Waals surface area contributed by atoms with Gasteiger partial charge in [-0.3, -0.25) is 19.4 Å². The Balaban J connectivity index is 0.000000631. The molecule has 2 aromatic rings. The van der Waals surface area contributed by atoms with E-state index >= 15 is 0 Å². The number of hydrogen-bond donors (Lipinski definition) is 4. The van der Waals surface area contributed by atoms with Gasteiger partial charge >= 0.3 is 5.97 Å². The van der Waals surface area contributed by atoms with E-state index in [1.54, 1.807) is 14.0 Å². The fourth-order valence-electron chi connectivity index (χ4n) is 3.89. The molecule has 9 heteroatoms. The summed E-state index contributed by atoms with van der Waals surface area (Å²) in [4.78, 5) is 37.9. The predicted molar refractivity (Wildman–Crippen MR) is 164 cm³/mol. The molecule has 0 bridgehead atoms. The Hall–Kier alpha value is -3.46. The molecular formula is C31H51N5O4. The number of nitrogens with two attached hydrogens (primary N) is 2. The van der Waals surface area contributed by atoms with Crippen LogP contribution in [0.3, 0.4) is 0 Å². The first-order valence-electron chi connectivity index (χ1n) is 14.4. The van der Waals surface area contributed by atoms with Crippen molar-refractivity contribution in [3.63, 3.8) is 0 Å². The monoisotopic (exact) mass is 557 g/mol. The fourth-order valence-corrected chi connectivity index (χ4v) is 3.89. The van der Waals surface area contributed by atoms with E-state index in [2.05, 4.69) is 24.2 Å². The van der Waals surface area contributed by atoms with Gasteiger partial charge in [0.2, 0.25) is 5.78 Å². The minimum atomic E-state index is -0.975. The number of fused-ring (bicyclic) bond motifs is 1. The summed E-state index contributed by atoms with van der Waals surface area (Å²) < 4.78 is 1.99. The second kappa shape index (κ2) is 21.4. The van der Waals surface area contributed by atoms with Gasteiger partial charge in [-0.15, -0.1) is 0 Å². The summed E-state index contributed by atoms with van der Waals surface area (Å²) in [5.74, 6) is -0.377. The molecule has 0 amide bonds. The number of ketones is 2. The third-order valence-electron chi connectivity index (χ3n) is 6.29. The molecule has 9 nitrogen and oxygen atoms in total. The van der Waals surface area contributed by atoms with Crippen molar-refractivity contribution >= 4 is 23.5 Å². The Labute approximate surface area is 240 Å². The van der Waals surface area contributed by atoms with E-state index in [4.69, 9.17) is 16.6 Å². The molecule has 2 heterocycles. The number of carboxylic acid groups (broad SMARTS) is 1. The molecule has 3 rings (SSSR count). The van der Waals surface area contributed by atoms with Crippen molar-refractivity contribution in [2.75, 3.05) is 13.6 Å². The number of hydrogen-bond acceptors (Lipinski definition) is 5. The van der Waals surface area contributed by atoms with Crippen LogP contribution in [0.4, 0.5) is 0 Å². The van der Waals surface area contributed by atoms with Gasteiger partial charge in [0.15, 0.2) is 5.96 Å². The van der Waals surface area contributed by atoms with Gasteiger partial charge in [-0.1, -0.05) is 83.7 Å². The van der Waals surface area contributed by atoms with Crippen LogP contribution in [-0.4, -0.2) is 52.8 Å². The lowest BCUT2D eigenvalue weighted by molar-refractivity contribution is -0.138. The Bertz CT molecular complexity index is 1030. The summed E-state index contributed by atoms with van der Waals surface area (Å²) in [6.45, 7) is 11.3. The smallest absolute Gasteiger partial charge is 0.320 e.